The van der Waals surface area contributed by atoms with E-state index in [0.29, 0.717) is 0 Å². The molecule has 1 aromatic heterocycles. The number of hydrogen-bond donors (Lipinski definition) is 0. The van der Waals surface area contributed by atoms with Crippen molar-refractivity contribution in [3.05, 3.63) is 60.8 Å². The Kier molecular flexibility index (Phi) is 5.21. The van der Waals surface area contributed by atoms with Gasteiger partial charge in [0.2, 0.25) is 0 Å². The van der Waals surface area contributed by atoms with Gasteiger partial charge in [-0.1, -0.05) is 62.4 Å². The Morgan fingerprint density at radius 2 is 1.50 bits per heavy atom. The molecule has 3 aromatic rings. The summed E-state index contributed by atoms with van der Waals surface area (Å²) in [5, 5.41) is 3.62. The number of aromatic nitrogens is 1. The summed E-state index contributed by atoms with van der Waals surface area (Å²) in [6, 6.07) is 19.3. The number of benzene rings is 2. The highest BCUT2D eigenvalue weighted by Crippen LogP contribution is 2.30. The Bertz CT molecular complexity index is 772. The van der Waals surface area contributed by atoms with Crippen molar-refractivity contribution in [2.45, 2.75) is 13.8 Å². The first-order chi connectivity index (χ1) is 11.7. The van der Waals surface area contributed by atoms with Crippen LogP contribution in [0.3, 0.4) is 0 Å². The average Bonchev–Trinajstić information content (AvgIpc) is 3.03. The fourth-order valence-electron chi connectivity index (χ4n) is 3.23. The summed E-state index contributed by atoms with van der Waals surface area (Å²) in [5.41, 5.74) is 3.82. The van der Waals surface area contributed by atoms with Gasteiger partial charge < -0.3 is 9.91 Å². The third-order valence-electron chi connectivity index (χ3n) is 4.78. The molecule has 1 heterocycles. The third-order valence-corrected chi connectivity index (χ3v) is 4.78. The third kappa shape index (κ3) is 3.31. The predicted molar refractivity (Wildman–Crippen MR) is 104 cm³/mol. The first kappa shape index (κ1) is 16.6. The highest BCUT2D eigenvalue weighted by atomic mass is 15.5. The van der Waals surface area contributed by atoms with Gasteiger partial charge in [-0.25, -0.2) is 0 Å². The predicted octanol–water partition coefficient (Wildman–Crippen LogP) is 4.22. The van der Waals surface area contributed by atoms with Crippen LogP contribution >= 0.6 is 0 Å². The van der Waals surface area contributed by atoms with Crippen LogP contribution in [0.25, 0.3) is 22.0 Å². The molecule has 0 N–H and O–H groups in total. The second kappa shape index (κ2) is 7.54. The summed E-state index contributed by atoms with van der Waals surface area (Å²) < 4.78 is 2.29. The van der Waals surface area contributed by atoms with Crippen LogP contribution in [0.5, 0.6) is 0 Å². The molecular formula is C21H27N3. The number of hydrogen-bond acceptors (Lipinski definition) is 2. The van der Waals surface area contributed by atoms with Gasteiger partial charge in [0.15, 0.2) is 0 Å². The zero-order chi connectivity index (χ0) is 16.9. The molecule has 0 saturated heterocycles. The molecule has 3 heteroatoms. The number of likely N-dealkylation sites (N-methyl/N-ethyl adjacent to an activating group) is 2. The normalized spacial score (nSPS) is 11.3. The summed E-state index contributed by atoms with van der Waals surface area (Å²) in [6.07, 6.45) is 2.27. The Morgan fingerprint density at radius 3 is 2.21 bits per heavy atom. The molecule has 0 aliphatic heterocycles. The minimum Gasteiger partial charge on any atom is -0.315 e. The van der Waals surface area contributed by atoms with E-state index in [1.807, 2.05) is 0 Å². The lowest BCUT2D eigenvalue weighted by atomic mass is 10.1. The highest BCUT2D eigenvalue weighted by molar-refractivity contribution is 5.96. The van der Waals surface area contributed by atoms with E-state index in [2.05, 4.69) is 96.3 Å². The van der Waals surface area contributed by atoms with Gasteiger partial charge in [0.1, 0.15) is 0 Å². The molecule has 0 amide bonds. The smallest absolute Gasteiger partial charge is 0.0701 e. The van der Waals surface area contributed by atoms with Gasteiger partial charge in [-0.15, -0.1) is 0 Å². The van der Waals surface area contributed by atoms with Gasteiger partial charge in [0.25, 0.3) is 0 Å². The quantitative estimate of drug-likeness (QED) is 0.645. The topological polar surface area (TPSA) is 11.4 Å². The molecule has 3 nitrogen and oxygen atoms in total. The van der Waals surface area contributed by atoms with Crippen LogP contribution < -0.4 is 5.01 Å². The lowest BCUT2D eigenvalue weighted by molar-refractivity contribution is 0.305. The molecule has 0 aliphatic rings. The van der Waals surface area contributed by atoms with E-state index >= 15 is 0 Å². The van der Waals surface area contributed by atoms with Crippen molar-refractivity contribution in [3.8, 4) is 11.1 Å². The van der Waals surface area contributed by atoms with Crippen molar-refractivity contribution in [1.29, 1.82) is 0 Å². The van der Waals surface area contributed by atoms with Crippen LogP contribution in [0.4, 0.5) is 0 Å². The molecule has 24 heavy (non-hydrogen) atoms. The van der Waals surface area contributed by atoms with Gasteiger partial charge in [-0.2, -0.15) is 0 Å². The Hall–Kier alpha value is -2.26. The monoisotopic (exact) mass is 321 g/mol. The Morgan fingerprint density at radius 1 is 0.833 bits per heavy atom. The lowest BCUT2D eigenvalue weighted by Crippen LogP contribution is -2.38. The van der Waals surface area contributed by atoms with Gasteiger partial charge in [0, 0.05) is 37.3 Å². The number of rotatable bonds is 7. The van der Waals surface area contributed by atoms with Gasteiger partial charge in [-0.3, -0.25) is 4.68 Å². The summed E-state index contributed by atoms with van der Waals surface area (Å²) >= 11 is 0. The Labute approximate surface area is 145 Å². The number of nitrogens with zero attached hydrogens (tertiary/aromatic N) is 3. The number of fused-ring (bicyclic) bond motifs is 1. The van der Waals surface area contributed by atoms with Crippen molar-refractivity contribution in [2.75, 3.05) is 38.2 Å². The molecule has 0 aliphatic carbocycles. The van der Waals surface area contributed by atoms with E-state index in [0.717, 1.165) is 26.2 Å². The standard InChI is InChI=1S/C21H27N3/c1-4-23(5-2)16-15-22(3)24-17-20(18-11-7-6-8-12-18)19-13-9-10-14-21(19)24/h6-14,17H,4-5,15-16H2,1-3H3. The molecule has 0 spiro atoms. The summed E-state index contributed by atoms with van der Waals surface area (Å²) in [4.78, 5) is 2.46. The van der Waals surface area contributed by atoms with Gasteiger partial charge in [-0.05, 0) is 24.7 Å². The van der Waals surface area contributed by atoms with Crippen molar-refractivity contribution in [2.24, 2.45) is 0 Å². The largest absolute Gasteiger partial charge is 0.315 e. The van der Waals surface area contributed by atoms with Crippen molar-refractivity contribution in [1.82, 2.24) is 9.58 Å². The molecule has 3 rings (SSSR count). The average molecular weight is 321 g/mol. The molecule has 0 saturated carbocycles. The van der Waals surface area contributed by atoms with E-state index in [9.17, 15) is 0 Å². The van der Waals surface area contributed by atoms with Crippen molar-refractivity contribution >= 4 is 10.9 Å². The first-order valence-electron chi connectivity index (χ1n) is 8.83. The minimum absolute atomic E-state index is 1.01. The SMILES string of the molecule is CCN(CC)CCN(C)n1cc(-c2ccccc2)c2ccccc21. The summed E-state index contributed by atoms with van der Waals surface area (Å²) in [5.74, 6) is 0. The second-order valence-electron chi connectivity index (χ2n) is 6.18. The molecule has 126 valence electrons. The summed E-state index contributed by atoms with van der Waals surface area (Å²) in [7, 11) is 2.17. The molecule has 2 aromatic carbocycles. The maximum absolute atomic E-state index is 2.46. The van der Waals surface area contributed by atoms with E-state index in [-0.39, 0.29) is 0 Å². The zero-order valence-electron chi connectivity index (χ0n) is 14.9. The van der Waals surface area contributed by atoms with Crippen LogP contribution in [0.15, 0.2) is 60.8 Å². The van der Waals surface area contributed by atoms with E-state index in [4.69, 9.17) is 0 Å². The molecule has 0 bridgehead atoms. The van der Waals surface area contributed by atoms with Gasteiger partial charge >= 0.3 is 0 Å². The number of para-hydroxylation sites is 1. The highest BCUT2D eigenvalue weighted by Gasteiger charge is 2.12. The van der Waals surface area contributed by atoms with Crippen molar-refractivity contribution < 1.29 is 0 Å². The maximum atomic E-state index is 2.46. The van der Waals surface area contributed by atoms with Crippen LogP contribution in [0.2, 0.25) is 0 Å². The molecule has 0 atom stereocenters. The van der Waals surface area contributed by atoms with E-state index < -0.39 is 0 Å². The summed E-state index contributed by atoms with van der Waals surface area (Å²) in [6.45, 7) is 8.74. The van der Waals surface area contributed by atoms with Crippen molar-refractivity contribution in [3.63, 3.8) is 0 Å². The minimum atomic E-state index is 1.01. The zero-order valence-corrected chi connectivity index (χ0v) is 14.9. The van der Waals surface area contributed by atoms with Crippen LogP contribution in [-0.2, 0) is 0 Å². The van der Waals surface area contributed by atoms with E-state index in [1.54, 1.807) is 0 Å². The van der Waals surface area contributed by atoms with Crippen LogP contribution in [0.1, 0.15) is 13.8 Å². The van der Waals surface area contributed by atoms with Crippen LogP contribution in [0, 0.1) is 0 Å². The molecule has 0 unspecified atom stereocenters. The lowest BCUT2D eigenvalue weighted by Gasteiger charge is -2.26. The molecular weight excluding hydrogens is 294 g/mol. The first-order valence-corrected chi connectivity index (χ1v) is 8.83. The van der Waals surface area contributed by atoms with Crippen LogP contribution in [-0.4, -0.2) is 42.8 Å². The fraction of sp³-hybridized carbons (Fsp3) is 0.333. The Balaban J connectivity index is 1.94. The fourth-order valence-corrected chi connectivity index (χ4v) is 3.23. The molecule has 0 radical (unpaired) electrons. The van der Waals surface area contributed by atoms with Gasteiger partial charge in [0.05, 0.1) is 5.52 Å². The maximum Gasteiger partial charge on any atom is 0.0701 e. The second-order valence-corrected chi connectivity index (χ2v) is 6.18. The van der Waals surface area contributed by atoms with E-state index in [1.165, 1.54) is 22.0 Å². The molecule has 0 fully saturated rings.